The van der Waals surface area contributed by atoms with Crippen LogP contribution >= 0.6 is 0 Å². The van der Waals surface area contributed by atoms with Gasteiger partial charge in [-0.1, -0.05) is 12.7 Å². The number of hydrogen-bond donors (Lipinski definition) is 0. The van der Waals surface area contributed by atoms with E-state index >= 15 is 0 Å². The van der Waals surface area contributed by atoms with Crippen LogP contribution in [0.5, 0.6) is 0 Å². The van der Waals surface area contributed by atoms with E-state index in [4.69, 9.17) is 0 Å². The van der Waals surface area contributed by atoms with E-state index in [-0.39, 0.29) is 0 Å². The highest BCUT2D eigenvalue weighted by Crippen LogP contribution is 1.94. The SMILES string of the molecule is C=C/C(C)=C\C(F)=NC. The third-order valence-corrected chi connectivity index (χ3v) is 0.882. The van der Waals surface area contributed by atoms with Crippen molar-refractivity contribution in [3.05, 3.63) is 24.3 Å². The fourth-order valence-electron chi connectivity index (χ4n) is 0.311. The third-order valence-electron chi connectivity index (χ3n) is 0.882. The molecule has 0 radical (unpaired) electrons. The van der Waals surface area contributed by atoms with Crippen LogP contribution in [0.1, 0.15) is 6.92 Å². The second-order valence-corrected chi connectivity index (χ2v) is 1.64. The Labute approximate surface area is 54.6 Å². The highest BCUT2D eigenvalue weighted by atomic mass is 19.1. The van der Waals surface area contributed by atoms with Crippen molar-refractivity contribution in [1.29, 1.82) is 0 Å². The Bertz CT molecular complexity index is 156. The fraction of sp³-hybridized carbons (Fsp3) is 0.286. The van der Waals surface area contributed by atoms with Crippen LogP contribution in [0.15, 0.2) is 29.3 Å². The molecule has 0 saturated carbocycles. The fourth-order valence-corrected chi connectivity index (χ4v) is 0.311. The Morgan fingerprint density at radius 2 is 2.22 bits per heavy atom. The number of aliphatic imine (C=N–C) groups is 1. The molecule has 0 N–H and O–H groups in total. The molecule has 0 spiro atoms. The second-order valence-electron chi connectivity index (χ2n) is 1.64. The van der Waals surface area contributed by atoms with E-state index in [1.165, 1.54) is 13.1 Å². The van der Waals surface area contributed by atoms with Crippen LogP contribution in [0.4, 0.5) is 4.39 Å². The Kier molecular flexibility index (Phi) is 3.60. The summed E-state index contributed by atoms with van der Waals surface area (Å²) in [6.07, 6.45) is 2.90. The molecule has 0 aliphatic carbocycles. The monoisotopic (exact) mass is 127 g/mol. The van der Waals surface area contributed by atoms with Crippen molar-refractivity contribution in [2.45, 2.75) is 6.92 Å². The number of halogens is 1. The zero-order valence-corrected chi connectivity index (χ0v) is 5.69. The molecule has 0 unspecified atom stereocenters. The predicted octanol–water partition coefficient (Wildman–Crippen LogP) is 2.12. The summed E-state index contributed by atoms with van der Waals surface area (Å²) in [5.74, 6) is -0.465. The molecule has 0 amide bonds. The maximum Gasteiger partial charge on any atom is 0.208 e. The third kappa shape index (κ3) is 3.64. The first-order valence-corrected chi connectivity index (χ1v) is 2.63. The molecule has 0 aromatic carbocycles. The summed E-state index contributed by atoms with van der Waals surface area (Å²) in [6.45, 7) is 5.22. The van der Waals surface area contributed by atoms with Gasteiger partial charge in [-0.05, 0) is 18.6 Å². The van der Waals surface area contributed by atoms with Gasteiger partial charge in [0.05, 0.1) is 0 Å². The minimum absolute atomic E-state index is 0.465. The molecule has 0 heterocycles. The maximum absolute atomic E-state index is 12.2. The minimum Gasteiger partial charge on any atom is -0.261 e. The molecule has 0 aliphatic heterocycles. The molecule has 0 saturated heterocycles. The average molecular weight is 127 g/mol. The Balaban J connectivity index is 4.11. The molecule has 0 bridgehead atoms. The molecule has 0 rings (SSSR count). The average Bonchev–Trinajstić information content (AvgIpc) is 1.87. The molecule has 0 fully saturated rings. The van der Waals surface area contributed by atoms with Crippen LogP contribution in [-0.4, -0.2) is 13.0 Å². The van der Waals surface area contributed by atoms with Gasteiger partial charge in [0.2, 0.25) is 5.97 Å². The maximum atomic E-state index is 12.2. The van der Waals surface area contributed by atoms with Gasteiger partial charge in [-0.15, -0.1) is 0 Å². The quantitative estimate of drug-likeness (QED) is 0.398. The van der Waals surface area contributed by atoms with Crippen molar-refractivity contribution in [3.63, 3.8) is 0 Å². The number of allylic oxidation sites excluding steroid dienone is 3. The van der Waals surface area contributed by atoms with Gasteiger partial charge < -0.3 is 0 Å². The normalized spacial score (nSPS) is 13.7. The zero-order valence-electron chi connectivity index (χ0n) is 5.69. The summed E-state index contributed by atoms with van der Waals surface area (Å²) >= 11 is 0. The first-order chi connectivity index (χ1) is 4.20. The lowest BCUT2D eigenvalue weighted by atomic mass is 10.3. The van der Waals surface area contributed by atoms with Gasteiger partial charge in [-0.2, -0.15) is 4.39 Å². The first-order valence-electron chi connectivity index (χ1n) is 2.63. The molecule has 0 aliphatic rings. The highest BCUT2D eigenvalue weighted by Gasteiger charge is 1.85. The van der Waals surface area contributed by atoms with Gasteiger partial charge in [0.25, 0.3) is 0 Å². The Morgan fingerprint density at radius 3 is 2.56 bits per heavy atom. The topological polar surface area (TPSA) is 12.4 Å². The van der Waals surface area contributed by atoms with Crippen LogP contribution in [0.25, 0.3) is 0 Å². The molecule has 1 nitrogen and oxygen atoms in total. The summed E-state index contributed by atoms with van der Waals surface area (Å²) in [6, 6.07) is 0. The molecule has 9 heavy (non-hydrogen) atoms. The molecular formula is C7H10FN. The van der Waals surface area contributed by atoms with E-state index in [2.05, 4.69) is 11.6 Å². The van der Waals surface area contributed by atoms with Crippen molar-refractivity contribution in [2.24, 2.45) is 4.99 Å². The van der Waals surface area contributed by atoms with Gasteiger partial charge in [0.1, 0.15) is 0 Å². The Morgan fingerprint density at radius 1 is 1.67 bits per heavy atom. The zero-order chi connectivity index (χ0) is 7.28. The number of nitrogens with zero attached hydrogens (tertiary/aromatic N) is 1. The van der Waals surface area contributed by atoms with Crippen LogP contribution < -0.4 is 0 Å². The lowest BCUT2D eigenvalue weighted by Crippen LogP contribution is -1.81. The molecule has 0 aromatic rings. The highest BCUT2D eigenvalue weighted by molar-refractivity contribution is 5.87. The van der Waals surface area contributed by atoms with Gasteiger partial charge in [0.15, 0.2) is 0 Å². The molecular weight excluding hydrogens is 117 g/mol. The van der Waals surface area contributed by atoms with E-state index in [1.54, 1.807) is 13.0 Å². The van der Waals surface area contributed by atoms with Gasteiger partial charge in [0, 0.05) is 7.05 Å². The standard InChI is InChI=1S/C7H10FN/c1-4-6(2)5-7(8)9-3/h4-5H,1H2,2-3H3/b6-5-,9-7?. The summed E-state index contributed by atoms with van der Waals surface area (Å²) in [5.41, 5.74) is 0.776. The molecule has 50 valence electrons. The molecule has 2 heteroatoms. The van der Waals surface area contributed by atoms with Crippen LogP contribution in [0.2, 0.25) is 0 Å². The summed E-state index contributed by atoms with van der Waals surface area (Å²) in [4.78, 5) is 3.30. The van der Waals surface area contributed by atoms with Crippen LogP contribution in [-0.2, 0) is 0 Å². The Hall–Kier alpha value is -0.920. The van der Waals surface area contributed by atoms with E-state index in [0.717, 1.165) is 5.57 Å². The summed E-state index contributed by atoms with van der Waals surface area (Å²) < 4.78 is 12.2. The van der Waals surface area contributed by atoms with E-state index in [1.807, 2.05) is 0 Å². The lowest BCUT2D eigenvalue weighted by molar-refractivity contribution is 0.808. The lowest BCUT2D eigenvalue weighted by Gasteiger charge is -1.85. The van der Waals surface area contributed by atoms with Crippen molar-refractivity contribution in [2.75, 3.05) is 7.05 Å². The van der Waals surface area contributed by atoms with Crippen LogP contribution in [0.3, 0.4) is 0 Å². The van der Waals surface area contributed by atoms with Crippen molar-refractivity contribution < 1.29 is 4.39 Å². The summed E-state index contributed by atoms with van der Waals surface area (Å²) in [7, 11) is 1.40. The minimum atomic E-state index is -0.465. The van der Waals surface area contributed by atoms with E-state index < -0.39 is 5.97 Å². The van der Waals surface area contributed by atoms with Gasteiger partial charge in [-0.25, -0.2) is 0 Å². The number of hydrogen-bond acceptors (Lipinski definition) is 1. The largest absolute Gasteiger partial charge is 0.261 e. The molecule has 0 atom stereocenters. The van der Waals surface area contributed by atoms with Crippen molar-refractivity contribution in [3.8, 4) is 0 Å². The predicted molar refractivity (Wildman–Crippen MR) is 38.4 cm³/mol. The summed E-state index contributed by atoms with van der Waals surface area (Å²) in [5, 5.41) is 0. The van der Waals surface area contributed by atoms with E-state index in [0.29, 0.717) is 0 Å². The van der Waals surface area contributed by atoms with Gasteiger partial charge in [-0.3, -0.25) is 4.99 Å². The van der Waals surface area contributed by atoms with Crippen molar-refractivity contribution in [1.82, 2.24) is 0 Å². The number of rotatable bonds is 2. The first kappa shape index (κ1) is 8.08. The molecule has 0 aromatic heterocycles. The van der Waals surface area contributed by atoms with Crippen molar-refractivity contribution >= 4 is 5.97 Å². The smallest absolute Gasteiger partial charge is 0.208 e. The van der Waals surface area contributed by atoms with Gasteiger partial charge >= 0.3 is 0 Å². The second kappa shape index (κ2) is 4.01. The van der Waals surface area contributed by atoms with E-state index in [9.17, 15) is 4.39 Å². The van der Waals surface area contributed by atoms with Crippen LogP contribution in [0, 0.1) is 0 Å².